The van der Waals surface area contributed by atoms with Crippen molar-refractivity contribution < 1.29 is 4.74 Å². The maximum Gasteiger partial charge on any atom is 0.0982 e. The monoisotopic (exact) mass is 184 g/mol. The summed E-state index contributed by atoms with van der Waals surface area (Å²) in [7, 11) is 1.98. The molecule has 76 valence electrons. The smallest absolute Gasteiger partial charge is 0.0982 e. The van der Waals surface area contributed by atoms with Gasteiger partial charge in [-0.3, -0.25) is 5.41 Å². The highest BCUT2D eigenvalue weighted by Gasteiger charge is 2.19. The first-order valence-corrected chi connectivity index (χ1v) is 5.02. The average molecular weight is 184 g/mol. The predicted octanol–water partition coefficient (Wildman–Crippen LogP) is 1.73. The predicted molar refractivity (Wildman–Crippen MR) is 54.2 cm³/mol. The molecule has 1 aliphatic rings. The summed E-state index contributed by atoms with van der Waals surface area (Å²) in [5.74, 6) is 1.02. The maximum absolute atomic E-state index is 7.78. The molecular formula is C10H20N2O. The Labute approximate surface area is 80.6 Å². The van der Waals surface area contributed by atoms with Crippen LogP contribution in [0, 0.1) is 11.3 Å². The Balaban J connectivity index is 2.31. The fraction of sp³-hybridized carbons (Fsp3) is 0.900. The second-order valence-electron chi connectivity index (χ2n) is 4.06. The van der Waals surface area contributed by atoms with Crippen LogP contribution in [-0.2, 0) is 4.74 Å². The largest absolute Gasteiger partial charge is 0.376 e. The maximum atomic E-state index is 7.78. The number of amidine groups is 1. The second kappa shape index (κ2) is 4.61. The van der Waals surface area contributed by atoms with Gasteiger partial charge in [-0.25, -0.2) is 0 Å². The lowest BCUT2D eigenvalue weighted by Crippen LogP contribution is -2.36. The van der Waals surface area contributed by atoms with Crippen LogP contribution >= 0.6 is 0 Å². The van der Waals surface area contributed by atoms with Crippen molar-refractivity contribution in [3.63, 3.8) is 0 Å². The van der Waals surface area contributed by atoms with E-state index in [4.69, 9.17) is 10.1 Å². The molecule has 0 bridgehead atoms. The molecule has 0 amide bonds. The van der Waals surface area contributed by atoms with Gasteiger partial charge in [0.15, 0.2) is 0 Å². The topological polar surface area (TPSA) is 36.3 Å². The third kappa shape index (κ3) is 2.99. The molecule has 1 atom stereocenters. The van der Waals surface area contributed by atoms with E-state index in [0.717, 1.165) is 19.6 Å². The van der Waals surface area contributed by atoms with Gasteiger partial charge >= 0.3 is 0 Å². The molecule has 0 aromatic heterocycles. The Kier molecular flexibility index (Phi) is 3.72. The lowest BCUT2D eigenvalue weighted by molar-refractivity contribution is 0.0949. The van der Waals surface area contributed by atoms with E-state index in [0.29, 0.717) is 17.9 Å². The van der Waals surface area contributed by atoms with Gasteiger partial charge in [0.05, 0.1) is 11.9 Å². The molecule has 0 aromatic rings. The zero-order valence-corrected chi connectivity index (χ0v) is 8.84. The lowest BCUT2D eigenvalue weighted by Gasteiger charge is -2.25. The van der Waals surface area contributed by atoms with E-state index in [2.05, 4.69) is 0 Å². The van der Waals surface area contributed by atoms with Crippen LogP contribution in [0.5, 0.6) is 0 Å². The van der Waals surface area contributed by atoms with Crippen molar-refractivity contribution in [1.29, 1.82) is 5.41 Å². The minimum Gasteiger partial charge on any atom is -0.376 e. The fourth-order valence-corrected chi connectivity index (χ4v) is 1.63. The second-order valence-corrected chi connectivity index (χ2v) is 4.06. The molecular weight excluding hydrogens is 164 g/mol. The Hall–Kier alpha value is -0.570. The van der Waals surface area contributed by atoms with E-state index >= 15 is 0 Å². The number of hydrogen-bond acceptors (Lipinski definition) is 2. The minimum atomic E-state index is 0.311. The number of hydrogen-bond donors (Lipinski definition) is 1. The molecule has 0 aromatic carbocycles. The summed E-state index contributed by atoms with van der Waals surface area (Å²) in [6.07, 6.45) is 2.67. The number of nitrogens with one attached hydrogen (secondary N) is 1. The molecule has 1 N–H and O–H groups in total. The first kappa shape index (κ1) is 10.5. The third-order valence-corrected chi connectivity index (χ3v) is 2.46. The third-order valence-electron chi connectivity index (χ3n) is 2.46. The first-order chi connectivity index (χ1) is 6.11. The zero-order valence-electron chi connectivity index (χ0n) is 8.84. The van der Waals surface area contributed by atoms with Gasteiger partial charge in [-0.1, -0.05) is 13.8 Å². The van der Waals surface area contributed by atoms with Gasteiger partial charge in [0.25, 0.3) is 0 Å². The van der Waals surface area contributed by atoms with Crippen molar-refractivity contribution in [3.8, 4) is 0 Å². The van der Waals surface area contributed by atoms with E-state index in [1.54, 1.807) is 0 Å². The Morgan fingerprint density at radius 2 is 2.31 bits per heavy atom. The van der Waals surface area contributed by atoms with Crippen molar-refractivity contribution in [2.24, 2.45) is 5.92 Å². The van der Waals surface area contributed by atoms with Gasteiger partial charge < -0.3 is 9.64 Å². The Morgan fingerprint density at radius 3 is 2.77 bits per heavy atom. The first-order valence-electron chi connectivity index (χ1n) is 5.02. The molecule has 1 aliphatic heterocycles. The van der Waals surface area contributed by atoms with Crippen LogP contribution in [0.4, 0.5) is 0 Å². The van der Waals surface area contributed by atoms with Crippen molar-refractivity contribution in [2.45, 2.75) is 32.8 Å². The van der Waals surface area contributed by atoms with Gasteiger partial charge in [-0.05, 0) is 12.8 Å². The number of likely N-dealkylation sites (N-methyl/N-ethyl adjacent to an activating group) is 1. The highest BCUT2D eigenvalue weighted by atomic mass is 16.5. The summed E-state index contributed by atoms with van der Waals surface area (Å²) in [6.45, 7) is 5.87. The molecule has 0 saturated carbocycles. The van der Waals surface area contributed by atoms with E-state index in [9.17, 15) is 0 Å². The molecule has 0 aliphatic carbocycles. The summed E-state index contributed by atoms with van der Waals surface area (Å²) < 4.78 is 5.52. The fourth-order valence-electron chi connectivity index (χ4n) is 1.63. The Bertz CT molecular complexity index is 174. The number of ether oxygens (including phenoxy) is 1. The Morgan fingerprint density at radius 1 is 1.62 bits per heavy atom. The molecule has 1 saturated heterocycles. The van der Waals surface area contributed by atoms with E-state index in [1.807, 2.05) is 25.8 Å². The normalized spacial score (nSPS) is 22.3. The molecule has 1 rings (SSSR count). The van der Waals surface area contributed by atoms with Crippen LogP contribution in [-0.4, -0.2) is 37.0 Å². The molecule has 3 nitrogen and oxygen atoms in total. The van der Waals surface area contributed by atoms with Crippen LogP contribution in [0.3, 0.4) is 0 Å². The van der Waals surface area contributed by atoms with Crippen LogP contribution in [0.2, 0.25) is 0 Å². The summed E-state index contributed by atoms with van der Waals surface area (Å²) in [5, 5.41) is 7.78. The standard InChI is InChI=1S/C10H20N2O/c1-8(2)10(11)12(3)7-9-5-4-6-13-9/h8-9,11H,4-7H2,1-3H3. The van der Waals surface area contributed by atoms with Crippen molar-refractivity contribution in [2.75, 3.05) is 20.2 Å². The van der Waals surface area contributed by atoms with Crippen molar-refractivity contribution >= 4 is 5.84 Å². The number of rotatable bonds is 3. The zero-order chi connectivity index (χ0) is 9.84. The van der Waals surface area contributed by atoms with E-state index in [-0.39, 0.29) is 0 Å². The van der Waals surface area contributed by atoms with Crippen LogP contribution in [0.25, 0.3) is 0 Å². The van der Waals surface area contributed by atoms with Crippen LogP contribution < -0.4 is 0 Å². The van der Waals surface area contributed by atoms with Crippen LogP contribution in [0.15, 0.2) is 0 Å². The molecule has 0 spiro atoms. The van der Waals surface area contributed by atoms with Gasteiger partial charge in [0.2, 0.25) is 0 Å². The summed E-state index contributed by atoms with van der Waals surface area (Å²) >= 11 is 0. The summed E-state index contributed by atoms with van der Waals surface area (Å²) in [5.41, 5.74) is 0. The molecule has 13 heavy (non-hydrogen) atoms. The SMILES string of the molecule is CC(C)C(=N)N(C)CC1CCCO1. The quantitative estimate of drug-likeness (QED) is 0.535. The lowest BCUT2D eigenvalue weighted by atomic mass is 10.1. The van der Waals surface area contributed by atoms with Gasteiger partial charge in [-0.15, -0.1) is 0 Å². The summed E-state index contributed by atoms with van der Waals surface area (Å²) in [6, 6.07) is 0. The summed E-state index contributed by atoms with van der Waals surface area (Å²) in [4.78, 5) is 2.00. The van der Waals surface area contributed by atoms with Crippen molar-refractivity contribution in [3.05, 3.63) is 0 Å². The highest BCUT2D eigenvalue weighted by Crippen LogP contribution is 2.13. The van der Waals surface area contributed by atoms with Crippen molar-refractivity contribution in [1.82, 2.24) is 4.90 Å². The van der Waals surface area contributed by atoms with E-state index in [1.165, 1.54) is 6.42 Å². The highest BCUT2D eigenvalue weighted by molar-refractivity contribution is 5.80. The molecule has 3 heteroatoms. The van der Waals surface area contributed by atoms with Gasteiger partial charge in [-0.2, -0.15) is 0 Å². The minimum absolute atomic E-state index is 0.311. The van der Waals surface area contributed by atoms with E-state index < -0.39 is 0 Å². The van der Waals surface area contributed by atoms with Gasteiger partial charge in [0, 0.05) is 26.1 Å². The molecule has 1 heterocycles. The molecule has 0 radical (unpaired) electrons. The molecule has 1 fully saturated rings. The van der Waals surface area contributed by atoms with Crippen LogP contribution in [0.1, 0.15) is 26.7 Å². The molecule has 1 unspecified atom stereocenters. The van der Waals surface area contributed by atoms with Gasteiger partial charge in [0.1, 0.15) is 0 Å². The number of nitrogens with zero attached hydrogens (tertiary/aromatic N) is 1. The average Bonchev–Trinajstić information content (AvgIpc) is 2.55.